The van der Waals surface area contributed by atoms with Gasteiger partial charge in [-0.05, 0) is 43.9 Å². The molecule has 1 aromatic rings. The number of hydrogen-bond donors (Lipinski definition) is 2. The van der Waals surface area contributed by atoms with E-state index < -0.39 is 6.10 Å². The Morgan fingerprint density at radius 2 is 2.28 bits per heavy atom. The summed E-state index contributed by atoms with van der Waals surface area (Å²) in [6, 6.07) is 6.06. The van der Waals surface area contributed by atoms with Crippen LogP contribution in [0.4, 0.5) is 5.69 Å². The van der Waals surface area contributed by atoms with Gasteiger partial charge >= 0.3 is 0 Å². The minimum Gasteiger partial charge on any atom is -0.396 e. The van der Waals surface area contributed by atoms with E-state index in [1.165, 1.54) is 0 Å². The number of aliphatic hydroxyl groups excluding tert-OH is 2. The minimum atomic E-state index is -0.464. The maximum atomic E-state index is 9.87. The van der Waals surface area contributed by atoms with Gasteiger partial charge in [-0.2, -0.15) is 0 Å². The molecule has 1 fully saturated rings. The van der Waals surface area contributed by atoms with Crippen molar-refractivity contribution in [2.24, 2.45) is 5.92 Å². The Hall–Kier alpha value is -0.580. The van der Waals surface area contributed by atoms with Gasteiger partial charge in [0.1, 0.15) is 0 Å². The largest absolute Gasteiger partial charge is 0.396 e. The summed E-state index contributed by atoms with van der Waals surface area (Å²) in [7, 11) is 0. The van der Waals surface area contributed by atoms with Gasteiger partial charge in [-0.15, -0.1) is 0 Å². The monoisotopic (exact) mass is 313 g/mol. The van der Waals surface area contributed by atoms with E-state index in [0.29, 0.717) is 5.92 Å². The van der Waals surface area contributed by atoms with Crippen LogP contribution in [0.3, 0.4) is 0 Å². The van der Waals surface area contributed by atoms with Crippen molar-refractivity contribution >= 4 is 21.6 Å². The van der Waals surface area contributed by atoms with Gasteiger partial charge in [-0.1, -0.05) is 15.9 Å². The molecule has 1 saturated heterocycles. The second-order valence-corrected chi connectivity index (χ2v) is 5.91. The molecule has 0 saturated carbocycles. The SMILES string of the molecule is CC(O)c1cc(Br)ccc1N1CCC(CCO)C1. The third kappa shape index (κ3) is 3.05. The maximum absolute atomic E-state index is 9.87. The Morgan fingerprint density at radius 3 is 2.94 bits per heavy atom. The smallest absolute Gasteiger partial charge is 0.0782 e. The molecule has 2 N–H and O–H groups in total. The fourth-order valence-electron chi connectivity index (χ4n) is 2.62. The fraction of sp³-hybridized carbons (Fsp3) is 0.571. The molecule has 0 radical (unpaired) electrons. The van der Waals surface area contributed by atoms with Crippen LogP contribution < -0.4 is 4.90 Å². The predicted molar refractivity (Wildman–Crippen MR) is 76.8 cm³/mol. The standard InChI is InChI=1S/C14H20BrNO2/c1-10(18)13-8-12(15)2-3-14(13)16-6-4-11(9-16)5-7-17/h2-3,8,10-11,17-18H,4-7,9H2,1H3. The van der Waals surface area contributed by atoms with Gasteiger partial charge in [-0.3, -0.25) is 0 Å². The summed E-state index contributed by atoms with van der Waals surface area (Å²) in [5.41, 5.74) is 2.09. The summed E-state index contributed by atoms with van der Waals surface area (Å²) in [6.07, 6.45) is 1.53. The third-order valence-corrected chi connectivity index (χ3v) is 4.10. The van der Waals surface area contributed by atoms with E-state index in [2.05, 4.69) is 26.9 Å². The van der Waals surface area contributed by atoms with Gasteiger partial charge in [-0.25, -0.2) is 0 Å². The van der Waals surface area contributed by atoms with Crippen molar-refractivity contribution in [2.75, 3.05) is 24.6 Å². The van der Waals surface area contributed by atoms with Crippen LogP contribution in [0.5, 0.6) is 0 Å². The van der Waals surface area contributed by atoms with Crippen LogP contribution in [0.2, 0.25) is 0 Å². The number of halogens is 1. The summed E-state index contributed by atoms with van der Waals surface area (Å²) in [4.78, 5) is 2.31. The van der Waals surface area contributed by atoms with Crippen molar-refractivity contribution in [1.82, 2.24) is 0 Å². The third-order valence-electron chi connectivity index (χ3n) is 3.60. The fourth-order valence-corrected chi connectivity index (χ4v) is 3.00. The summed E-state index contributed by atoms with van der Waals surface area (Å²) in [5.74, 6) is 0.570. The molecule has 18 heavy (non-hydrogen) atoms. The first-order valence-corrected chi connectivity index (χ1v) is 7.24. The Kier molecular flexibility index (Phi) is 4.65. The van der Waals surface area contributed by atoms with Crippen molar-refractivity contribution in [1.29, 1.82) is 0 Å². The Bertz CT molecular complexity index is 409. The summed E-state index contributed by atoms with van der Waals surface area (Å²) >= 11 is 3.45. The zero-order valence-electron chi connectivity index (χ0n) is 10.6. The lowest BCUT2D eigenvalue weighted by atomic mass is 10.1. The van der Waals surface area contributed by atoms with E-state index in [4.69, 9.17) is 5.11 Å². The molecule has 2 unspecified atom stereocenters. The van der Waals surface area contributed by atoms with Crippen LogP contribution in [0, 0.1) is 5.92 Å². The van der Waals surface area contributed by atoms with Crippen LogP contribution in [0.1, 0.15) is 31.4 Å². The molecule has 2 atom stereocenters. The van der Waals surface area contributed by atoms with E-state index in [1.807, 2.05) is 12.1 Å². The molecule has 3 nitrogen and oxygen atoms in total. The Labute approximate surface area is 117 Å². The maximum Gasteiger partial charge on any atom is 0.0782 e. The van der Waals surface area contributed by atoms with Crippen molar-refractivity contribution in [3.8, 4) is 0 Å². The first-order valence-electron chi connectivity index (χ1n) is 6.45. The van der Waals surface area contributed by atoms with E-state index in [9.17, 15) is 5.11 Å². The molecular formula is C14H20BrNO2. The highest BCUT2D eigenvalue weighted by atomic mass is 79.9. The molecule has 0 bridgehead atoms. The molecule has 1 aromatic carbocycles. The van der Waals surface area contributed by atoms with Crippen molar-refractivity contribution < 1.29 is 10.2 Å². The predicted octanol–water partition coefficient (Wildman–Crippen LogP) is 2.71. The lowest BCUT2D eigenvalue weighted by Crippen LogP contribution is -2.21. The lowest BCUT2D eigenvalue weighted by molar-refractivity contribution is 0.199. The van der Waals surface area contributed by atoms with Crippen molar-refractivity contribution in [3.05, 3.63) is 28.2 Å². The highest BCUT2D eigenvalue weighted by molar-refractivity contribution is 9.10. The highest BCUT2D eigenvalue weighted by Crippen LogP contribution is 2.33. The number of nitrogens with zero attached hydrogens (tertiary/aromatic N) is 1. The van der Waals surface area contributed by atoms with E-state index in [-0.39, 0.29) is 6.61 Å². The normalized spacial score (nSPS) is 21.3. The zero-order chi connectivity index (χ0) is 13.1. The first-order chi connectivity index (χ1) is 8.61. The molecule has 0 aliphatic carbocycles. The first kappa shape index (κ1) is 13.8. The van der Waals surface area contributed by atoms with E-state index in [0.717, 1.165) is 41.7 Å². The average molecular weight is 314 g/mol. The van der Waals surface area contributed by atoms with Crippen LogP contribution in [0.15, 0.2) is 22.7 Å². The van der Waals surface area contributed by atoms with Gasteiger partial charge in [0.05, 0.1) is 6.10 Å². The van der Waals surface area contributed by atoms with Gasteiger partial charge in [0.2, 0.25) is 0 Å². The van der Waals surface area contributed by atoms with Crippen LogP contribution >= 0.6 is 15.9 Å². The van der Waals surface area contributed by atoms with Crippen LogP contribution in [0.25, 0.3) is 0 Å². The second kappa shape index (κ2) is 6.04. The average Bonchev–Trinajstić information content (AvgIpc) is 2.78. The lowest BCUT2D eigenvalue weighted by Gasteiger charge is -2.23. The number of benzene rings is 1. The molecule has 1 aliphatic heterocycles. The summed E-state index contributed by atoms with van der Waals surface area (Å²) < 4.78 is 0.994. The molecule has 2 rings (SSSR count). The number of rotatable bonds is 4. The Morgan fingerprint density at radius 1 is 1.50 bits per heavy atom. The molecule has 4 heteroatoms. The van der Waals surface area contributed by atoms with E-state index >= 15 is 0 Å². The van der Waals surface area contributed by atoms with Crippen molar-refractivity contribution in [3.63, 3.8) is 0 Å². The molecule has 1 heterocycles. The molecule has 0 aromatic heterocycles. The van der Waals surface area contributed by atoms with Gasteiger partial charge in [0.25, 0.3) is 0 Å². The summed E-state index contributed by atoms with van der Waals surface area (Å²) in [6.45, 7) is 4.04. The molecular weight excluding hydrogens is 294 g/mol. The molecule has 100 valence electrons. The number of aliphatic hydroxyl groups is 2. The topological polar surface area (TPSA) is 43.7 Å². The second-order valence-electron chi connectivity index (χ2n) is 4.99. The van der Waals surface area contributed by atoms with Gasteiger partial charge < -0.3 is 15.1 Å². The molecule has 0 amide bonds. The molecule has 1 aliphatic rings. The highest BCUT2D eigenvalue weighted by Gasteiger charge is 2.24. The van der Waals surface area contributed by atoms with Gasteiger partial charge in [0.15, 0.2) is 0 Å². The minimum absolute atomic E-state index is 0.266. The number of hydrogen-bond acceptors (Lipinski definition) is 3. The van der Waals surface area contributed by atoms with Crippen LogP contribution in [-0.2, 0) is 0 Å². The van der Waals surface area contributed by atoms with E-state index in [1.54, 1.807) is 6.92 Å². The Balaban J connectivity index is 2.18. The van der Waals surface area contributed by atoms with Crippen LogP contribution in [-0.4, -0.2) is 29.9 Å². The zero-order valence-corrected chi connectivity index (χ0v) is 12.2. The summed E-state index contributed by atoms with van der Waals surface area (Å²) in [5, 5.41) is 18.9. The van der Waals surface area contributed by atoms with Crippen molar-refractivity contribution in [2.45, 2.75) is 25.9 Å². The quantitative estimate of drug-likeness (QED) is 0.898. The van der Waals surface area contributed by atoms with Gasteiger partial charge in [0, 0.05) is 35.4 Å². The number of anilines is 1. The molecule has 0 spiro atoms.